The summed E-state index contributed by atoms with van der Waals surface area (Å²) in [7, 11) is 0. The van der Waals surface area contributed by atoms with Gasteiger partial charge in [0.25, 0.3) is 11.8 Å². The average Bonchev–Trinajstić information content (AvgIpc) is 3.17. The molecule has 0 saturated carbocycles. The van der Waals surface area contributed by atoms with Gasteiger partial charge in [-0.3, -0.25) is 9.59 Å². The molecular formula is C20H18N2O3. The second-order valence-electron chi connectivity index (χ2n) is 6.19. The van der Waals surface area contributed by atoms with Crippen LogP contribution in [-0.2, 0) is 4.79 Å². The zero-order chi connectivity index (χ0) is 17.2. The van der Waals surface area contributed by atoms with E-state index >= 15 is 0 Å². The summed E-state index contributed by atoms with van der Waals surface area (Å²) in [5.74, 6) is 0.458. The van der Waals surface area contributed by atoms with Gasteiger partial charge in [-0.05, 0) is 42.7 Å². The number of hydrogen-bond donors (Lipinski definition) is 1. The number of rotatable bonds is 2. The predicted molar refractivity (Wildman–Crippen MR) is 95.3 cm³/mol. The average molecular weight is 334 g/mol. The first-order valence-corrected chi connectivity index (χ1v) is 8.40. The van der Waals surface area contributed by atoms with Crippen molar-refractivity contribution in [1.82, 2.24) is 4.90 Å². The highest BCUT2D eigenvalue weighted by Gasteiger charge is 2.25. The minimum Gasteiger partial charge on any atom is -0.449 e. The van der Waals surface area contributed by atoms with Gasteiger partial charge in [0.15, 0.2) is 11.5 Å². The Morgan fingerprint density at radius 3 is 2.60 bits per heavy atom. The van der Waals surface area contributed by atoms with Crippen molar-refractivity contribution in [3.8, 4) is 5.75 Å². The lowest BCUT2D eigenvalue weighted by Gasteiger charge is -2.21. The van der Waals surface area contributed by atoms with Gasteiger partial charge in [-0.25, -0.2) is 0 Å². The van der Waals surface area contributed by atoms with E-state index in [4.69, 9.17) is 4.74 Å². The van der Waals surface area contributed by atoms with Crippen molar-refractivity contribution in [3.05, 3.63) is 65.4 Å². The predicted octanol–water partition coefficient (Wildman–Crippen LogP) is 3.29. The number of hydrogen-bond acceptors (Lipinski definition) is 3. The summed E-state index contributed by atoms with van der Waals surface area (Å²) in [6, 6.07) is 14.7. The summed E-state index contributed by atoms with van der Waals surface area (Å²) >= 11 is 0. The van der Waals surface area contributed by atoms with E-state index in [1.165, 1.54) is 0 Å². The van der Waals surface area contributed by atoms with E-state index in [0.717, 1.165) is 31.5 Å². The first kappa shape index (κ1) is 15.4. The van der Waals surface area contributed by atoms with Crippen molar-refractivity contribution in [2.75, 3.05) is 18.4 Å². The van der Waals surface area contributed by atoms with Crippen molar-refractivity contribution < 1.29 is 14.3 Å². The normalized spacial score (nSPS) is 17.8. The summed E-state index contributed by atoms with van der Waals surface area (Å²) in [6.45, 7) is 1.59. The number of amides is 2. The summed E-state index contributed by atoms with van der Waals surface area (Å²) in [5.41, 5.74) is 1.98. The molecule has 0 unspecified atom stereocenters. The molecule has 25 heavy (non-hydrogen) atoms. The van der Waals surface area contributed by atoms with Crippen LogP contribution in [0.3, 0.4) is 0 Å². The molecular weight excluding hydrogens is 316 g/mol. The molecule has 2 aromatic rings. The second-order valence-corrected chi connectivity index (χ2v) is 6.19. The van der Waals surface area contributed by atoms with Gasteiger partial charge in [0, 0.05) is 18.7 Å². The molecule has 5 heteroatoms. The molecule has 2 heterocycles. The maximum Gasteiger partial charge on any atom is 0.291 e. The first-order valence-electron chi connectivity index (χ1n) is 8.40. The Morgan fingerprint density at radius 2 is 1.84 bits per heavy atom. The molecule has 4 rings (SSSR count). The minimum absolute atomic E-state index is 0.000161. The van der Waals surface area contributed by atoms with Crippen LogP contribution in [0.15, 0.2) is 54.3 Å². The van der Waals surface area contributed by atoms with E-state index in [9.17, 15) is 9.59 Å². The van der Waals surface area contributed by atoms with Crippen LogP contribution >= 0.6 is 0 Å². The maximum atomic E-state index is 12.5. The molecule has 0 spiro atoms. The van der Waals surface area contributed by atoms with Gasteiger partial charge in [-0.1, -0.05) is 30.3 Å². The fourth-order valence-corrected chi connectivity index (χ4v) is 3.10. The van der Waals surface area contributed by atoms with Crippen molar-refractivity contribution in [2.45, 2.75) is 12.8 Å². The highest BCUT2D eigenvalue weighted by Crippen LogP contribution is 2.33. The van der Waals surface area contributed by atoms with Gasteiger partial charge in [-0.15, -0.1) is 0 Å². The minimum atomic E-state index is -0.317. The number of carbonyl (C=O) groups is 2. The summed E-state index contributed by atoms with van der Waals surface area (Å²) in [4.78, 5) is 26.6. The van der Waals surface area contributed by atoms with Crippen LogP contribution in [0.5, 0.6) is 5.75 Å². The summed E-state index contributed by atoms with van der Waals surface area (Å²) in [5, 5.41) is 2.81. The summed E-state index contributed by atoms with van der Waals surface area (Å²) < 4.78 is 5.73. The molecule has 0 bridgehead atoms. The number of nitrogens with one attached hydrogen (secondary N) is 1. The van der Waals surface area contributed by atoms with Crippen molar-refractivity contribution in [3.63, 3.8) is 0 Å². The monoisotopic (exact) mass is 334 g/mol. The fourth-order valence-electron chi connectivity index (χ4n) is 3.10. The third-order valence-electron chi connectivity index (χ3n) is 4.41. The molecule has 5 nitrogen and oxygen atoms in total. The number of likely N-dealkylation sites (tertiary alicyclic amines) is 1. The van der Waals surface area contributed by atoms with Crippen LogP contribution in [-0.4, -0.2) is 29.8 Å². The third-order valence-corrected chi connectivity index (χ3v) is 4.41. The summed E-state index contributed by atoms with van der Waals surface area (Å²) in [6.07, 6.45) is 3.79. The Morgan fingerprint density at radius 1 is 1.08 bits per heavy atom. The lowest BCUT2D eigenvalue weighted by Crippen LogP contribution is -2.28. The lowest BCUT2D eigenvalue weighted by atomic mass is 10.1. The second kappa shape index (κ2) is 6.43. The van der Waals surface area contributed by atoms with E-state index in [1.54, 1.807) is 24.3 Å². The Hall–Kier alpha value is -3.08. The molecule has 2 amide bonds. The fraction of sp³-hybridized carbons (Fsp3) is 0.200. The Balaban J connectivity index is 1.59. The van der Waals surface area contributed by atoms with E-state index in [0.29, 0.717) is 17.0 Å². The number of ether oxygens (including phenoxy) is 1. The van der Waals surface area contributed by atoms with Gasteiger partial charge < -0.3 is 15.0 Å². The molecule has 1 N–H and O–H groups in total. The van der Waals surface area contributed by atoms with Gasteiger partial charge in [-0.2, -0.15) is 0 Å². The van der Waals surface area contributed by atoms with Gasteiger partial charge in [0.2, 0.25) is 0 Å². The largest absolute Gasteiger partial charge is 0.449 e. The Kier molecular flexibility index (Phi) is 3.98. The van der Waals surface area contributed by atoms with Crippen molar-refractivity contribution in [2.24, 2.45) is 0 Å². The van der Waals surface area contributed by atoms with Crippen molar-refractivity contribution in [1.29, 1.82) is 0 Å². The standard InChI is InChI=1S/C20H18N2O3/c23-19-18(12-14-6-2-1-3-7-14)25-17-9-8-15(13-16(17)21-19)20(24)22-10-4-5-11-22/h1-3,6-9,12-13H,4-5,10-11H2,(H,21,23). The SMILES string of the molecule is O=C1Nc2cc(C(=O)N3CCCC3)ccc2OC1=Cc1ccccc1. The number of carbonyl (C=O) groups excluding carboxylic acids is 2. The topological polar surface area (TPSA) is 58.6 Å². The zero-order valence-corrected chi connectivity index (χ0v) is 13.7. The molecule has 1 saturated heterocycles. The number of fused-ring (bicyclic) bond motifs is 1. The van der Waals surface area contributed by atoms with Crippen LogP contribution in [0, 0.1) is 0 Å². The molecule has 2 aliphatic rings. The van der Waals surface area contributed by atoms with Gasteiger partial charge in [0.05, 0.1) is 5.69 Å². The van der Waals surface area contributed by atoms with Crippen LogP contribution in [0.25, 0.3) is 6.08 Å². The van der Waals surface area contributed by atoms with Crippen LogP contribution < -0.4 is 10.1 Å². The first-order chi connectivity index (χ1) is 12.2. The van der Waals surface area contributed by atoms with Crippen LogP contribution in [0.2, 0.25) is 0 Å². The van der Waals surface area contributed by atoms with Gasteiger partial charge in [0.1, 0.15) is 0 Å². The quantitative estimate of drug-likeness (QED) is 0.857. The van der Waals surface area contributed by atoms with E-state index < -0.39 is 0 Å². The van der Waals surface area contributed by atoms with Crippen LogP contribution in [0.1, 0.15) is 28.8 Å². The molecule has 2 aliphatic heterocycles. The molecule has 0 aliphatic carbocycles. The van der Waals surface area contributed by atoms with Crippen molar-refractivity contribution >= 4 is 23.6 Å². The number of benzene rings is 2. The number of nitrogens with zero attached hydrogens (tertiary/aromatic N) is 1. The highest BCUT2D eigenvalue weighted by atomic mass is 16.5. The third kappa shape index (κ3) is 3.13. The Labute approximate surface area is 145 Å². The molecule has 1 fully saturated rings. The molecule has 2 aromatic carbocycles. The number of anilines is 1. The molecule has 0 aromatic heterocycles. The molecule has 0 radical (unpaired) electrons. The zero-order valence-electron chi connectivity index (χ0n) is 13.7. The molecule has 0 atom stereocenters. The van der Waals surface area contributed by atoms with Gasteiger partial charge >= 0.3 is 0 Å². The van der Waals surface area contributed by atoms with E-state index in [2.05, 4.69) is 5.32 Å². The lowest BCUT2D eigenvalue weighted by molar-refractivity contribution is -0.115. The Bertz CT molecular complexity index is 852. The maximum absolute atomic E-state index is 12.5. The van der Waals surface area contributed by atoms with E-state index in [1.807, 2.05) is 35.2 Å². The van der Waals surface area contributed by atoms with E-state index in [-0.39, 0.29) is 17.6 Å². The van der Waals surface area contributed by atoms with Crippen LogP contribution in [0.4, 0.5) is 5.69 Å². The molecule has 126 valence electrons. The highest BCUT2D eigenvalue weighted by molar-refractivity contribution is 6.09. The smallest absolute Gasteiger partial charge is 0.291 e.